The molecule has 3 saturated heterocycles. The Morgan fingerprint density at radius 2 is 2.00 bits per heavy atom. The van der Waals surface area contributed by atoms with E-state index in [2.05, 4.69) is 13.2 Å². The highest BCUT2D eigenvalue weighted by atomic mass is 35.5. The van der Waals surface area contributed by atoms with Gasteiger partial charge in [0.15, 0.2) is 0 Å². The van der Waals surface area contributed by atoms with Crippen molar-refractivity contribution in [3.05, 3.63) is 54.6 Å². The first-order valence-corrected chi connectivity index (χ1v) is 12.7. The molecule has 5 atom stereocenters. The number of nitrogens with zero attached hydrogens (tertiary/aromatic N) is 2. The van der Waals surface area contributed by atoms with E-state index in [1.807, 2.05) is 6.92 Å². The molecule has 2 bridgehead atoms. The molecule has 1 spiro atoms. The lowest BCUT2D eigenvalue weighted by molar-refractivity contribution is -0.159. The Kier molecular flexibility index (Phi) is 7.59. The second kappa shape index (κ2) is 10.4. The maximum absolute atomic E-state index is 14.3. The molecule has 0 aromatic heterocycles. The number of ether oxygens (including phenoxy) is 2. The summed E-state index contributed by atoms with van der Waals surface area (Å²) in [4.78, 5) is 44.5. The summed E-state index contributed by atoms with van der Waals surface area (Å²) in [5.74, 6) is -2.80. The number of hydrogen-bond acceptors (Lipinski definition) is 6. The Morgan fingerprint density at radius 1 is 1.28 bits per heavy atom. The van der Waals surface area contributed by atoms with Crippen LogP contribution in [0.15, 0.2) is 49.6 Å². The van der Waals surface area contributed by atoms with E-state index in [9.17, 15) is 19.5 Å². The molecule has 1 N–H and O–H groups in total. The summed E-state index contributed by atoms with van der Waals surface area (Å²) >= 11 is 6.07. The minimum absolute atomic E-state index is 0.0311. The normalized spacial score (nSPS) is 30.2. The smallest absolute Gasteiger partial charge is 0.313 e. The van der Waals surface area contributed by atoms with Crippen LogP contribution >= 0.6 is 11.6 Å². The van der Waals surface area contributed by atoms with Crippen LogP contribution in [0.4, 0.5) is 5.69 Å². The van der Waals surface area contributed by atoms with Crippen molar-refractivity contribution in [2.45, 2.75) is 49.9 Å². The first-order valence-electron chi connectivity index (χ1n) is 12.4. The van der Waals surface area contributed by atoms with Gasteiger partial charge in [-0.05, 0) is 49.9 Å². The highest BCUT2D eigenvalue weighted by molar-refractivity contribution is 6.30. The third-order valence-electron chi connectivity index (χ3n) is 7.79. The molecule has 0 saturated carbocycles. The van der Waals surface area contributed by atoms with Crippen molar-refractivity contribution in [2.75, 3.05) is 31.2 Å². The zero-order chi connectivity index (χ0) is 26.1. The zero-order valence-electron chi connectivity index (χ0n) is 20.5. The molecular weight excluding hydrogens is 484 g/mol. The van der Waals surface area contributed by atoms with Crippen LogP contribution in [-0.2, 0) is 23.9 Å². The van der Waals surface area contributed by atoms with Crippen molar-refractivity contribution in [1.29, 1.82) is 0 Å². The third-order valence-corrected chi connectivity index (χ3v) is 8.04. The molecule has 3 fully saturated rings. The number of carbonyl (C=O) groups excluding carboxylic acids is 3. The predicted octanol–water partition coefficient (Wildman–Crippen LogP) is 3.13. The van der Waals surface area contributed by atoms with Crippen LogP contribution in [-0.4, -0.2) is 71.3 Å². The van der Waals surface area contributed by atoms with Gasteiger partial charge in [-0.15, -0.1) is 6.58 Å². The van der Waals surface area contributed by atoms with Gasteiger partial charge in [0.1, 0.15) is 24.2 Å². The molecule has 4 rings (SSSR count). The maximum Gasteiger partial charge on any atom is 0.313 e. The molecule has 1 aromatic rings. The number of carbonyl (C=O) groups is 3. The second-order valence-electron chi connectivity index (χ2n) is 9.57. The number of esters is 1. The molecule has 36 heavy (non-hydrogen) atoms. The Bertz CT molecular complexity index is 1050. The van der Waals surface area contributed by atoms with Crippen LogP contribution in [0.1, 0.15) is 32.6 Å². The van der Waals surface area contributed by atoms with Crippen molar-refractivity contribution >= 4 is 35.1 Å². The number of aliphatic hydroxyl groups excluding tert-OH is 1. The molecule has 9 heteroatoms. The van der Waals surface area contributed by atoms with E-state index in [1.54, 1.807) is 35.2 Å². The molecule has 2 amide bonds. The van der Waals surface area contributed by atoms with Gasteiger partial charge in [-0.25, -0.2) is 0 Å². The fourth-order valence-electron chi connectivity index (χ4n) is 6.29. The second-order valence-corrected chi connectivity index (χ2v) is 10.0. The summed E-state index contributed by atoms with van der Waals surface area (Å²) in [6.45, 7) is 9.61. The topological polar surface area (TPSA) is 96.4 Å². The van der Waals surface area contributed by atoms with Crippen molar-refractivity contribution in [2.24, 2.45) is 11.8 Å². The number of benzene rings is 1. The van der Waals surface area contributed by atoms with Gasteiger partial charge in [-0.2, -0.15) is 0 Å². The molecule has 3 aliphatic heterocycles. The van der Waals surface area contributed by atoms with Gasteiger partial charge in [0.05, 0.1) is 11.5 Å². The fourth-order valence-corrected chi connectivity index (χ4v) is 6.41. The minimum atomic E-state index is -1.16. The molecule has 0 aliphatic carbocycles. The van der Waals surface area contributed by atoms with Gasteiger partial charge < -0.3 is 24.4 Å². The number of fused-ring (bicyclic) bond motifs is 1. The SMILES string of the molecule is C=CCOC(=O)[C@@H]1[C@H]2C(=O)N(CCCO)C(C(=O)N(CC=C)c3ccc(Cl)cc3)C23CC[C@@]1(CC)O3. The van der Waals surface area contributed by atoms with Crippen molar-refractivity contribution < 1.29 is 29.0 Å². The van der Waals surface area contributed by atoms with Crippen LogP contribution in [0.3, 0.4) is 0 Å². The lowest BCUT2D eigenvalue weighted by atomic mass is 9.65. The summed E-state index contributed by atoms with van der Waals surface area (Å²) in [5, 5.41) is 10.0. The molecule has 3 heterocycles. The third kappa shape index (κ3) is 4.05. The lowest BCUT2D eigenvalue weighted by Gasteiger charge is -2.36. The summed E-state index contributed by atoms with van der Waals surface area (Å²) in [6, 6.07) is 5.91. The van der Waals surface area contributed by atoms with Crippen LogP contribution < -0.4 is 4.90 Å². The minimum Gasteiger partial charge on any atom is -0.461 e. The van der Waals surface area contributed by atoms with E-state index in [0.29, 0.717) is 36.4 Å². The van der Waals surface area contributed by atoms with Crippen molar-refractivity contribution in [3.8, 4) is 0 Å². The number of rotatable bonds is 11. The molecule has 3 aliphatic rings. The largest absolute Gasteiger partial charge is 0.461 e. The van der Waals surface area contributed by atoms with Crippen LogP contribution in [0, 0.1) is 11.8 Å². The zero-order valence-corrected chi connectivity index (χ0v) is 21.3. The van der Waals surface area contributed by atoms with Gasteiger partial charge in [0.2, 0.25) is 5.91 Å². The first-order chi connectivity index (χ1) is 17.3. The molecule has 194 valence electrons. The van der Waals surface area contributed by atoms with Gasteiger partial charge >= 0.3 is 5.97 Å². The number of halogens is 1. The first kappa shape index (κ1) is 26.4. The van der Waals surface area contributed by atoms with Gasteiger partial charge in [-0.3, -0.25) is 14.4 Å². The van der Waals surface area contributed by atoms with E-state index in [1.165, 1.54) is 11.0 Å². The summed E-state index contributed by atoms with van der Waals surface area (Å²) in [5.41, 5.74) is -1.43. The number of likely N-dealkylation sites (tertiary alicyclic amines) is 1. The van der Waals surface area contributed by atoms with Gasteiger partial charge in [0, 0.05) is 30.4 Å². The number of anilines is 1. The summed E-state index contributed by atoms with van der Waals surface area (Å²) in [6.07, 6.45) is 4.92. The Hall–Kier alpha value is -2.68. The van der Waals surface area contributed by atoms with E-state index in [4.69, 9.17) is 21.1 Å². The average molecular weight is 517 g/mol. The van der Waals surface area contributed by atoms with Gasteiger partial charge in [0.25, 0.3) is 5.91 Å². The average Bonchev–Trinajstić information content (AvgIpc) is 3.48. The Morgan fingerprint density at radius 3 is 2.61 bits per heavy atom. The van der Waals surface area contributed by atoms with Crippen molar-refractivity contribution in [1.82, 2.24) is 4.90 Å². The van der Waals surface area contributed by atoms with E-state index < -0.39 is 35.0 Å². The number of aliphatic hydroxyl groups is 1. The molecule has 0 radical (unpaired) electrons. The Labute approximate surface area is 216 Å². The van der Waals surface area contributed by atoms with Crippen molar-refractivity contribution in [3.63, 3.8) is 0 Å². The van der Waals surface area contributed by atoms with Crippen LogP contribution in [0.5, 0.6) is 0 Å². The van der Waals surface area contributed by atoms with Crippen LogP contribution in [0.25, 0.3) is 0 Å². The Balaban J connectivity index is 1.79. The number of hydrogen-bond donors (Lipinski definition) is 1. The highest BCUT2D eigenvalue weighted by Crippen LogP contribution is 2.64. The molecule has 2 unspecified atom stereocenters. The van der Waals surface area contributed by atoms with E-state index >= 15 is 0 Å². The highest BCUT2D eigenvalue weighted by Gasteiger charge is 2.79. The predicted molar refractivity (Wildman–Crippen MR) is 135 cm³/mol. The van der Waals surface area contributed by atoms with E-state index in [-0.39, 0.29) is 38.1 Å². The fraction of sp³-hybridized carbons (Fsp3) is 0.519. The standard InChI is InChI=1S/C27H33ClN2O6/c1-4-14-29(19-10-8-18(28)9-11-19)24(33)22-27-13-12-26(6-3,36-27)21(25(34)35-17-5-2)20(27)23(32)30(22)15-7-16-31/h4-5,8-11,20-22,31H,1-2,6-7,12-17H2,3H3/t20-,21-,22?,26+,27?/m0/s1. The van der Waals surface area contributed by atoms with Crippen LogP contribution in [0.2, 0.25) is 5.02 Å². The van der Waals surface area contributed by atoms with Gasteiger partial charge in [-0.1, -0.05) is 37.3 Å². The maximum atomic E-state index is 14.3. The number of amides is 2. The monoisotopic (exact) mass is 516 g/mol. The molecular formula is C27H33ClN2O6. The lowest BCUT2D eigenvalue weighted by Crippen LogP contribution is -2.56. The molecule has 1 aromatic carbocycles. The summed E-state index contributed by atoms with van der Waals surface area (Å²) < 4.78 is 12.1. The molecule has 8 nitrogen and oxygen atoms in total. The summed E-state index contributed by atoms with van der Waals surface area (Å²) in [7, 11) is 0. The van der Waals surface area contributed by atoms with E-state index in [0.717, 1.165) is 0 Å². The quantitative estimate of drug-likeness (QED) is 0.358.